The van der Waals surface area contributed by atoms with E-state index in [1.807, 2.05) is 43.3 Å². The number of aryl methyl sites for hydroxylation is 1. The molecule has 0 radical (unpaired) electrons. The van der Waals surface area contributed by atoms with E-state index < -0.39 is 0 Å². The number of benzene rings is 2. The Kier molecular flexibility index (Phi) is 4.00. The van der Waals surface area contributed by atoms with Gasteiger partial charge in [0.1, 0.15) is 5.75 Å². The molecule has 0 spiro atoms. The summed E-state index contributed by atoms with van der Waals surface area (Å²) in [6, 6.07) is 15.2. The maximum absolute atomic E-state index is 10.8. The predicted molar refractivity (Wildman–Crippen MR) is 74.9 cm³/mol. The van der Waals surface area contributed by atoms with Gasteiger partial charge >= 0.3 is 5.97 Å². The van der Waals surface area contributed by atoms with Gasteiger partial charge in [0.05, 0.1) is 0 Å². The SMILES string of the molecule is CC(=O)Oc1ccc(C#Cc2ccc(C)cc2)cc1. The molecule has 0 amide bonds. The lowest BCUT2D eigenvalue weighted by molar-refractivity contribution is -0.131. The van der Waals surface area contributed by atoms with Crippen molar-refractivity contribution in [3.05, 3.63) is 65.2 Å². The third-order valence-corrected chi connectivity index (χ3v) is 2.52. The highest BCUT2D eigenvalue weighted by Crippen LogP contribution is 2.11. The van der Waals surface area contributed by atoms with Crippen LogP contribution in [-0.4, -0.2) is 5.97 Å². The van der Waals surface area contributed by atoms with Gasteiger partial charge in [0.2, 0.25) is 0 Å². The molecule has 0 aliphatic heterocycles. The average molecular weight is 250 g/mol. The van der Waals surface area contributed by atoms with Crippen LogP contribution >= 0.6 is 0 Å². The van der Waals surface area contributed by atoms with E-state index in [0.717, 1.165) is 11.1 Å². The lowest BCUT2D eigenvalue weighted by Crippen LogP contribution is -2.00. The molecular weight excluding hydrogens is 236 g/mol. The summed E-state index contributed by atoms with van der Waals surface area (Å²) in [5.74, 6) is 6.38. The maximum Gasteiger partial charge on any atom is 0.308 e. The third-order valence-electron chi connectivity index (χ3n) is 2.52. The van der Waals surface area contributed by atoms with Gasteiger partial charge in [-0.15, -0.1) is 0 Å². The summed E-state index contributed by atoms with van der Waals surface area (Å²) < 4.78 is 4.96. The van der Waals surface area contributed by atoms with Crippen LogP contribution in [0.5, 0.6) is 5.75 Å². The zero-order chi connectivity index (χ0) is 13.7. The highest BCUT2D eigenvalue weighted by atomic mass is 16.5. The normalized spacial score (nSPS) is 9.37. The van der Waals surface area contributed by atoms with Gasteiger partial charge in [0.15, 0.2) is 0 Å². The Labute approximate surface area is 113 Å². The van der Waals surface area contributed by atoms with Crippen molar-refractivity contribution >= 4 is 5.97 Å². The molecule has 94 valence electrons. The van der Waals surface area contributed by atoms with E-state index in [2.05, 4.69) is 11.8 Å². The molecule has 19 heavy (non-hydrogen) atoms. The molecule has 0 bridgehead atoms. The lowest BCUT2D eigenvalue weighted by Gasteiger charge is -1.99. The zero-order valence-electron chi connectivity index (χ0n) is 10.9. The molecule has 2 rings (SSSR count). The van der Waals surface area contributed by atoms with Gasteiger partial charge in [0, 0.05) is 18.1 Å². The Bertz CT molecular complexity index is 626. The van der Waals surface area contributed by atoms with Crippen molar-refractivity contribution in [2.24, 2.45) is 0 Å². The molecule has 2 heteroatoms. The fraction of sp³-hybridized carbons (Fsp3) is 0.118. The second kappa shape index (κ2) is 5.88. The number of hydrogen-bond donors (Lipinski definition) is 0. The summed E-state index contributed by atoms with van der Waals surface area (Å²) in [6.07, 6.45) is 0. The molecule has 0 aliphatic carbocycles. The van der Waals surface area contributed by atoms with Crippen LogP contribution in [0.4, 0.5) is 0 Å². The predicted octanol–water partition coefficient (Wildman–Crippen LogP) is 3.32. The monoisotopic (exact) mass is 250 g/mol. The van der Waals surface area contributed by atoms with Crippen molar-refractivity contribution in [2.45, 2.75) is 13.8 Å². The first-order valence-corrected chi connectivity index (χ1v) is 6.01. The molecule has 0 unspecified atom stereocenters. The van der Waals surface area contributed by atoms with Crippen molar-refractivity contribution < 1.29 is 9.53 Å². The average Bonchev–Trinajstić information content (AvgIpc) is 2.39. The van der Waals surface area contributed by atoms with E-state index in [1.54, 1.807) is 12.1 Å². The fourth-order valence-corrected chi connectivity index (χ4v) is 1.55. The Balaban J connectivity index is 2.11. The summed E-state index contributed by atoms with van der Waals surface area (Å²) in [5, 5.41) is 0. The van der Waals surface area contributed by atoms with Crippen molar-refractivity contribution in [3.8, 4) is 17.6 Å². The van der Waals surface area contributed by atoms with E-state index in [1.165, 1.54) is 12.5 Å². The minimum atomic E-state index is -0.321. The number of ether oxygens (including phenoxy) is 1. The Hall–Kier alpha value is -2.53. The largest absolute Gasteiger partial charge is 0.427 e. The minimum Gasteiger partial charge on any atom is -0.427 e. The van der Waals surface area contributed by atoms with E-state index >= 15 is 0 Å². The van der Waals surface area contributed by atoms with Crippen molar-refractivity contribution in [1.82, 2.24) is 0 Å². The van der Waals surface area contributed by atoms with E-state index in [-0.39, 0.29) is 5.97 Å². The minimum absolute atomic E-state index is 0.321. The molecule has 0 saturated heterocycles. The van der Waals surface area contributed by atoms with Gasteiger partial charge in [-0.1, -0.05) is 29.5 Å². The smallest absolute Gasteiger partial charge is 0.308 e. The molecule has 0 saturated carbocycles. The lowest BCUT2D eigenvalue weighted by atomic mass is 10.1. The molecule has 0 heterocycles. The molecule has 0 N–H and O–H groups in total. The van der Waals surface area contributed by atoms with Crippen LogP contribution in [0.1, 0.15) is 23.6 Å². The first kappa shape index (κ1) is 12.9. The molecule has 0 atom stereocenters. The van der Waals surface area contributed by atoms with Gasteiger partial charge in [0.25, 0.3) is 0 Å². The van der Waals surface area contributed by atoms with Gasteiger partial charge in [-0.25, -0.2) is 0 Å². The summed E-state index contributed by atoms with van der Waals surface area (Å²) >= 11 is 0. The molecule has 2 nitrogen and oxygen atoms in total. The van der Waals surface area contributed by atoms with Crippen molar-refractivity contribution in [2.75, 3.05) is 0 Å². The van der Waals surface area contributed by atoms with E-state index in [4.69, 9.17) is 4.74 Å². The Morgan fingerprint density at radius 1 is 0.895 bits per heavy atom. The second-order valence-electron chi connectivity index (χ2n) is 4.23. The molecule has 0 fully saturated rings. The summed E-state index contributed by atoms with van der Waals surface area (Å²) in [5.41, 5.74) is 3.09. The number of carbonyl (C=O) groups excluding carboxylic acids is 1. The topological polar surface area (TPSA) is 26.3 Å². The maximum atomic E-state index is 10.8. The number of rotatable bonds is 1. The van der Waals surface area contributed by atoms with Gasteiger partial charge in [-0.3, -0.25) is 4.79 Å². The van der Waals surface area contributed by atoms with Crippen LogP contribution in [0, 0.1) is 18.8 Å². The van der Waals surface area contributed by atoms with Gasteiger partial charge < -0.3 is 4.74 Å². The fourth-order valence-electron chi connectivity index (χ4n) is 1.55. The van der Waals surface area contributed by atoms with Crippen LogP contribution in [-0.2, 0) is 4.79 Å². The second-order valence-corrected chi connectivity index (χ2v) is 4.23. The molecule has 2 aromatic rings. The Morgan fingerprint density at radius 3 is 1.84 bits per heavy atom. The van der Waals surface area contributed by atoms with Gasteiger partial charge in [-0.2, -0.15) is 0 Å². The third kappa shape index (κ3) is 4.01. The van der Waals surface area contributed by atoms with E-state index in [0.29, 0.717) is 5.75 Å². The summed E-state index contributed by atoms with van der Waals surface area (Å²) in [7, 11) is 0. The summed E-state index contributed by atoms with van der Waals surface area (Å²) in [4.78, 5) is 10.8. The number of hydrogen-bond acceptors (Lipinski definition) is 2. The quantitative estimate of drug-likeness (QED) is 0.441. The Morgan fingerprint density at radius 2 is 1.37 bits per heavy atom. The highest BCUT2D eigenvalue weighted by Gasteiger charge is 1.96. The van der Waals surface area contributed by atoms with Gasteiger partial charge in [-0.05, 0) is 43.3 Å². The molecule has 0 aromatic heterocycles. The highest BCUT2D eigenvalue weighted by molar-refractivity contribution is 5.69. The van der Waals surface area contributed by atoms with E-state index in [9.17, 15) is 4.79 Å². The molecule has 0 aliphatic rings. The van der Waals surface area contributed by atoms with Crippen LogP contribution < -0.4 is 4.74 Å². The summed E-state index contributed by atoms with van der Waals surface area (Å²) in [6.45, 7) is 3.43. The number of carbonyl (C=O) groups is 1. The number of esters is 1. The molecular formula is C17H14O2. The standard InChI is InChI=1S/C17H14O2/c1-13-3-5-15(6-4-13)7-8-16-9-11-17(12-10-16)19-14(2)18/h3-6,9-12H,1-2H3. The first-order valence-electron chi connectivity index (χ1n) is 6.01. The van der Waals surface area contributed by atoms with Crippen LogP contribution in [0.2, 0.25) is 0 Å². The van der Waals surface area contributed by atoms with Crippen molar-refractivity contribution in [3.63, 3.8) is 0 Å². The molecule has 2 aromatic carbocycles. The van der Waals surface area contributed by atoms with Crippen LogP contribution in [0.25, 0.3) is 0 Å². The van der Waals surface area contributed by atoms with Crippen LogP contribution in [0.15, 0.2) is 48.5 Å². The van der Waals surface area contributed by atoms with Crippen molar-refractivity contribution in [1.29, 1.82) is 0 Å². The first-order chi connectivity index (χ1) is 9.13. The zero-order valence-corrected chi connectivity index (χ0v) is 10.9. The van der Waals surface area contributed by atoms with Crippen LogP contribution in [0.3, 0.4) is 0 Å².